The molecule has 0 radical (unpaired) electrons. The van der Waals surface area contributed by atoms with E-state index in [1.54, 1.807) is 12.1 Å². The molecule has 0 N–H and O–H groups in total. The number of amides is 3. The number of carbonyl (C=O) groups is 4. The quantitative estimate of drug-likeness (QED) is 0.236. The topological polar surface area (TPSA) is 74.8 Å². The van der Waals surface area contributed by atoms with Crippen LogP contribution in [0.4, 0.5) is 0 Å². The molecule has 6 nitrogen and oxygen atoms in total. The van der Waals surface area contributed by atoms with Gasteiger partial charge in [-0.15, -0.1) is 11.6 Å². The molecule has 1 heterocycles. The van der Waals surface area contributed by atoms with Gasteiger partial charge in [-0.25, -0.2) is 5.01 Å². The van der Waals surface area contributed by atoms with Crippen LogP contribution in [0.5, 0.6) is 0 Å². The largest absolute Gasteiger partial charge is 0.292 e. The minimum absolute atomic E-state index is 0.0121. The summed E-state index contributed by atoms with van der Waals surface area (Å²) in [6.45, 7) is 0. The minimum Gasteiger partial charge on any atom is -0.292 e. The van der Waals surface area contributed by atoms with Crippen LogP contribution >= 0.6 is 46.4 Å². The lowest BCUT2D eigenvalue weighted by Gasteiger charge is -2.36. The first-order valence-corrected chi connectivity index (χ1v) is 12.9. The number of nitrogens with zero attached hydrogens (tertiary/aromatic N) is 2. The van der Waals surface area contributed by atoms with Gasteiger partial charge < -0.3 is 0 Å². The molecule has 1 aliphatic carbocycles. The van der Waals surface area contributed by atoms with Crippen LogP contribution in [0.2, 0.25) is 15.1 Å². The molecule has 4 rings (SSSR count). The third-order valence-electron chi connectivity index (χ3n) is 6.52. The molecule has 2 aliphatic rings. The highest BCUT2D eigenvalue weighted by Crippen LogP contribution is 2.40. The summed E-state index contributed by atoms with van der Waals surface area (Å²) in [5, 5.41) is 2.65. The van der Waals surface area contributed by atoms with Crippen LogP contribution < -0.4 is 0 Å². The van der Waals surface area contributed by atoms with E-state index in [-0.39, 0.29) is 33.5 Å². The molecule has 3 atom stereocenters. The molecule has 184 valence electrons. The van der Waals surface area contributed by atoms with Gasteiger partial charge in [0, 0.05) is 22.0 Å². The van der Waals surface area contributed by atoms with Gasteiger partial charge in [0.1, 0.15) is 6.04 Å². The van der Waals surface area contributed by atoms with Crippen LogP contribution in [0.1, 0.15) is 52.8 Å². The van der Waals surface area contributed by atoms with E-state index < -0.39 is 41.4 Å². The Morgan fingerprint density at radius 1 is 0.886 bits per heavy atom. The van der Waals surface area contributed by atoms with Gasteiger partial charge in [-0.2, -0.15) is 5.01 Å². The summed E-state index contributed by atoms with van der Waals surface area (Å²) in [4.78, 5) is 54.4. The van der Waals surface area contributed by atoms with E-state index in [9.17, 15) is 19.2 Å². The monoisotopic (exact) mass is 554 g/mol. The van der Waals surface area contributed by atoms with Crippen molar-refractivity contribution in [1.82, 2.24) is 10.0 Å². The molecule has 2 aromatic carbocycles. The Bertz CT molecular complexity index is 1150. The van der Waals surface area contributed by atoms with Gasteiger partial charge in [-0.1, -0.05) is 47.6 Å². The summed E-state index contributed by atoms with van der Waals surface area (Å²) in [7, 11) is 0. The van der Waals surface area contributed by atoms with Crippen molar-refractivity contribution in [2.75, 3.05) is 5.88 Å². The van der Waals surface area contributed by atoms with E-state index in [0.29, 0.717) is 17.9 Å². The van der Waals surface area contributed by atoms with Crippen molar-refractivity contribution in [3.8, 4) is 0 Å². The number of rotatable bonds is 7. The lowest BCUT2D eigenvalue weighted by Crippen LogP contribution is -2.57. The number of halogens is 4. The molecule has 2 aromatic rings. The molecule has 3 amide bonds. The van der Waals surface area contributed by atoms with Crippen molar-refractivity contribution < 1.29 is 19.2 Å². The average Bonchev–Trinajstić information content (AvgIpc) is 3.10. The maximum absolute atomic E-state index is 13.9. The zero-order chi connectivity index (χ0) is 25.3. The van der Waals surface area contributed by atoms with Crippen LogP contribution in [0.15, 0.2) is 42.5 Å². The lowest BCUT2D eigenvalue weighted by atomic mass is 9.81. The Balaban J connectivity index is 1.81. The summed E-state index contributed by atoms with van der Waals surface area (Å²) in [5.74, 6) is -3.15. The van der Waals surface area contributed by atoms with Crippen molar-refractivity contribution in [3.05, 3.63) is 68.7 Å². The van der Waals surface area contributed by atoms with Crippen molar-refractivity contribution in [2.45, 2.75) is 38.1 Å². The Labute approximate surface area is 223 Å². The number of hydrogen-bond donors (Lipinski definition) is 0. The molecule has 0 bridgehead atoms. The zero-order valence-electron chi connectivity index (χ0n) is 18.6. The number of imide groups is 1. The molecule has 1 saturated heterocycles. The van der Waals surface area contributed by atoms with Gasteiger partial charge in [0.05, 0.1) is 21.9 Å². The van der Waals surface area contributed by atoms with E-state index in [1.165, 1.54) is 30.3 Å². The predicted octanol–water partition coefficient (Wildman–Crippen LogP) is 6.06. The van der Waals surface area contributed by atoms with Crippen molar-refractivity contribution >= 4 is 69.9 Å². The standard InChI is InChI=1S/C25H22Cl4N2O4/c26-12-11-21(22(32)14-5-8-16(27)9-6-14)30(23(33)15-7-10-19(28)20(29)13-15)31-24(34)17-3-1-2-4-18(17)25(31)35/h5-10,13,17-18,21H,1-4,11-12H2/t17-,18-,21+/m1/s1. The third kappa shape index (κ3) is 5.08. The molecule has 35 heavy (non-hydrogen) atoms. The summed E-state index contributed by atoms with van der Waals surface area (Å²) in [6.07, 6.45) is 2.79. The van der Waals surface area contributed by atoms with Gasteiger partial charge in [0.15, 0.2) is 5.78 Å². The first kappa shape index (κ1) is 26.0. The Morgan fingerprint density at radius 3 is 2.00 bits per heavy atom. The van der Waals surface area contributed by atoms with Crippen LogP contribution in [0.25, 0.3) is 0 Å². The normalized spacial score (nSPS) is 20.5. The molecular formula is C25H22Cl4N2O4. The number of fused-ring (bicyclic) bond motifs is 1. The highest BCUT2D eigenvalue weighted by Gasteiger charge is 2.53. The molecule has 1 saturated carbocycles. The second-order valence-corrected chi connectivity index (χ2v) is 10.3. The maximum Gasteiger partial charge on any atom is 0.273 e. The fraction of sp³-hybridized carbons (Fsp3) is 0.360. The Morgan fingerprint density at radius 2 is 1.46 bits per heavy atom. The second kappa shape index (κ2) is 10.9. The van der Waals surface area contributed by atoms with E-state index in [4.69, 9.17) is 46.4 Å². The fourth-order valence-electron chi connectivity index (χ4n) is 4.76. The minimum atomic E-state index is -1.20. The smallest absolute Gasteiger partial charge is 0.273 e. The highest BCUT2D eigenvalue weighted by molar-refractivity contribution is 6.42. The predicted molar refractivity (Wildman–Crippen MR) is 135 cm³/mol. The number of Topliss-reactive ketones (excluding diaryl/α,β-unsaturated/α-hetero) is 1. The van der Waals surface area contributed by atoms with Crippen molar-refractivity contribution in [2.24, 2.45) is 11.8 Å². The van der Waals surface area contributed by atoms with Gasteiger partial charge in [-0.05, 0) is 61.7 Å². The van der Waals surface area contributed by atoms with Crippen LogP contribution in [0, 0.1) is 11.8 Å². The first-order valence-electron chi connectivity index (χ1n) is 11.3. The second-order valence-electron chi connectivity index (χ2n) is 8.63. The number of benzene rings is 2. The summed E-state index contributed by atoms with van der Waals surface area (Å²) in [6, 6.07) is 9.19. The molecule has 0 aromatic heterocycles. The van der Waals surface area contributed by atoms with Crippen molar-refractivity contribution in [3.63, 3.8) is 0 Å². The Kier molecular flexibility index (Phi) is 8.06. The molecule has 2 fully saturated rings. The van der Waals surface area contributed by atoms with E-state index in [1.807, 2.05) is 0 Å². The first-order chi connectivity index (χ1) is 16.7. The maximum atomic E-state index is 13.9. The molecule has 10 heteroatoms. The highest BCUT2D eigenvalue weighted by atomic mass is 35.5. The van der Waals surface area contributed by atoms with Crippen LogP contribution in [-0.2, 0) is 9.59 Å². The van der Waals surface area contributed by atoms with Gasteiger partial charge in [0.2, 0.25) is 0 Å². The third-order valence-corrected chi connectivity index (χ3v) is 7.73. The van der Waals surface area contributed by atoms with E-state index in [0.717, 1.165) is 22.9 Å². The number of alkyl halides is 1. The zero-order valence-corrected chi connectivity index (χ0v) is 21.6. The van der Waals surface area contributed by atoms with Crippen LogP contribution in [-0.4, -0.2) is 45.4 Å². The van der Waals surface area contributed by atoms with Crippen LogP contribution in [0.3, 0.4) is 0 Å². The van der Waals surface area contributed by atoms with E-state index >= 15 is 0 Å². The fourth-order valence-corrected chi connectivity index (χ4v) is 5.40. The number of hydrazine groups is 1. The molecule has 0 spiro atoms. The van der Waals surface area contributed by atoms with Gasteiger partial charge in [0.25, 0.3) is 17.7 Å². The molecule has 0 unspecified atom stereocenters. The summed E-state index contributed by atoms with van der Waals surface area (Å²) in [5.41, 5.74) is 0.353. The number of carbonyl (C=O) groups excluding carboxylic acids is 4. The van der Waals surface area contributed by atoms with E-state index in [2.05, 4.69) is 0 Å². The Hall–Kier alpha value is -2.12. The van der Waals surface area contributed by atoms with Gasteiger partial charge in [-0.3, -0.25) is 19.2 Å². The summed E-state index contributed by atoms with van der Waals surface area (Å²) < 4.78 is 0. The van der Waals surface area contributed by atoms with Crippen molar-refractivity contribution in [1.29, 1.82) is 0 Å². The van der Waals surface area contributed by atoms with Gasteiger partial charge >= 0.3 is 0 Å². The summed E-state index contributed by atoms with van der Waals surface area (Å²) >= 11 is 24.2. The number of ketones is 1. The molecule has 1 aliphatic heterocycles. The molecular weight excluding hydrogens is 534 g/mol. The number of hydrogen-bond acceptors (Lipinski definition) is 4. The lowest BCUT2D eigenvalue weighted by molar-refractivity contribution is -0.156. The SMILES string of the molecule is O=C(c1ccc(Cl)cc1)[C@H](CCCl)N(C(=O)c1ccc(Cl)c(Cl)c1)N1C(=O)[C@@H]2CCCC[C@H]2C1=O. The average molecular weight is 556 g/mol.